The van der Waals surface area contributed by atoms with Crippen LogP contribution in [0.3, 0.4) is 0 Å². The highest BCUT2D eigenvalue weighted by Gasteiger charge is 2.00. The highest BCUT2D eigenvalue weighted by Crippen LogP contribution is 2.02. The van der Waals surface area contributed by atoms with Gasteiger partial charge in [0.2, 0.25) is 0 Å². The lowest BCUT2D eigenvalue weighted by Crippen LogP contribution is -2.14. The van der Waals surface area contributed by atoms with Gasteiger partial charge >= 0.3 is 0 Å². The van der Waals surface area contributed by atoms with Crippen molar-refractivity contribution in [2.24, 2.45) is 0 Å². The van der Waals surface area contributed by atoms with Crippen LogP contribution in [0, 0.1) is 0 Å². The van der Waals surface area contributed by atoms with Crippen LogP contribution in [-0.2, 0) is 9.47 Å². The SMILES string of the molecule is CC(CO)OCCCCCCOC(C)CO. The Kier molecular flexibility index (Phi) is 11.2. The summed E-state index contributed by atoms with van der Waals surface area (Å²) >= 11 is 0. The van der Waals surface area contributed by atoms with E-state index in [-0.39, 0.29) is 25.4 Å². The van der Waals surface area contributed by atoms with Crippen LogP contribution < -0.4 is 0 Å². The summed E-state index contributed by atoms with van der Waals surface area (Å²) in [6.45, 7) is 5.35. The van der Waals surface area contributed by atoms with Gasteiger partial charge in [-0.2, -0.15) is 0 Å². The Morgan fingerprint density at radius 2 is 1.12 bits per heavy atom. The quantitative estimate of drug-likeness (QED) is 0.530. The van der Waals surface area contributed by atoms with Crippen LogP contribution in [0.4, 0.5) is 0 Å². The van der Waals surface area contributed by atoms with E-state index in [1.54, 1.807) is 0 Å². The van der Waals surface area contributed by atoms with E-state index in [0.29, 0.717) is 0 Å². The molecule has 0 fully saturated rings. The fraction of sp³-hybridized carbons (Fsp3) is 1.00. The summed E-state index contributed by atoms with van der Waals surface area (Å²) in [7, 11) is 0. The molecule has 98 valence electrons. The minimum atomic E-state index is -0.0475. The van der Waals surface area contributed by atoms with Crippen molar-refractivity contribution in [3.63, 3.8) is 0 Å². The maximum absolute atomic E-state index is 8.72. The molecule has 0 saturated heterocycles. The van der Waals surface area contributed by atoms with E-state index in [9.17, 15) is 0 Å². The van der Waals surface area contributed by atoms with Gasteiger partial charge in [-0.15, -0.1) is 0 Å². The molecule has 0 rings (SSSR count). The normalized spacial score (nSPS) is 15.0. The number of aliphatic hydroxyl groups is 2. The van der Waals surface area contributed by atoms with Crippen LogP contribution in [0.25, 0.3) is 0 Å². The van der Waals surface area contributed by atoms with Gasteiger partial charge in [0.05, 0.1) is 25.4 Å². The van der Waals surface area contributed by atoms with Crippen molar-refractivity contribution in [1.82, 2.24) is 0 Å². The Hall–Kier alpha value is -0.160. The zero-order chi connectivity index (χ0) is 12.2. The number of rotatable bonds is 11. The molecule has 4 nitrogen and oxygen atoms in total. The largest absolute Gasteiger partial charge is 0.394 e. The van der Waals surface area contributed by atoms with Gasteiger partial charge in [-0.25, -0.2) is 0 Å². The Bertz CT molecular complexity index is 125. The molecule has 0 saturated carbocycles. The Balaban J connectivity index is 3.04. The third kappa shape index (κ3) is 10.4. The van der Waals surface area contributed by atoms with Gasteiger partial charge in [0.15, 0.2) is 0 Å². The number of unbranched alkanes of at least 4 members (excludes halogenated alkanes) is 3. The highest BCUT2D eigenvalue weighted by atomic mass is 16.5. The maximum atomic E-state index is 8.72. The average molecular weight is 234 g/mol. The van der Waals surface area contributed by atoms with Crippen LogP contribution in [0.15, 0.2) is 0 Å². The first-order chi connectivity index (χ1) is 7.70. The van der Waals surface area contributed by atoms with Crippen molar-refractivity contribution in [1.29, 1.82) is 0 Å². The van der Waals surface area contributed by atoms with Crippen LogP contribution >= 0.6 is 0 Å². The topological polar surface area (TPSA) is 58.9 Å². The molecule has 4 heteroatoms. The molecule has 0 amide bonds. The molecular weight excluding hydrogens is 208 g/mol. The molecule has 0 aromatic rings. The van der Waals surface area contributed by atoms with E-state index in [1.807, 2.05) is 13.8 Å². The highest BCUT2D eigenvalue weighted by molar-refractivity contribution is 4.48. The predicted molar refractivity (Wildman–Crippen MR) is 63.5 cm³/mol. The summed E-state index contributed by atoms with van der Waals surface area (Å²) in [5.74, 6) is 0. The Labute approximate surface area is 98.6 Å². The molecule has 2 unspecified atom stereocenters. The second-order valence-corrected chi connectivity index (χ2v) is 4.14. The number of hydrogen-bond acceptors (Lipinski definition) is 4. The lowest BCUT2D eigenvalue weighted by Gasteiger charge is -2.10. The third-order valence-electron chi connectivity index (χ3n) is 2.36. The second kappa shape index (κ2) is 11.3. The minimum Gasteiger partial charge on any atom is -0.394 e. The van der Waals surface area contributed by atoms with Crippen molar-refractivity contribution in [2.75, 3.05) is 26.4 Å². The summed E-state index contributed by atoms with van der Waals surface area (Å²) in [4.78, 5) is 0. The van der Waals surface area contributed by atoms with Gasteiger partial charge in [-0.05, 0) is 26.7 Å². The molecule has 2 atom stereocenters. The molecule has 2 N–H and O–H groups in total. The fourth-order valence-electron chi connectivity index (χ4n) is 1.23. The van der Waals surface area contributed by atoms with E-state index < -0.39 is 0 Å². The maximum Gasteiger partial charge on any atom is 0.0777 e. The third-order valence-corrected chi connectivity index (χ3v) is 2.36. The van der Waals surface area contributed by atoms with Crippen molar-refractivity contribution >= 4 is 0 Å². The van der Waals surface area contributed by atoms with Crippen LogP contribution in [0.2, 0.25) is 0 Å². The van der Waals surface area contributed by atoms with Crippen LogP contribution in [-0.4, -0.2) is 48.8 Å². The molecular formula is C12H26O4. The number of hydrogen-bond donors (Lipinski definition) is 2. The predicted octanol–water partition coefficient (Wildman–Crippen LogP) is 1.34. The summed E-state index contributed by atoms with van der Waals surface area (Å²) in [6.07, 6.45) is 4.20. The van der Waals surface area contributed by atoms with Gasteiger partial charge in [-0.3, -0.25) is 0 Å². The average Bonchev–Trinajstić information content (AvgIpc) is 2.31. The van der Waals surface area contributed by atoms with E-state index in [0.717, 1.165) is 38.9 Å². The van der Waals surface area contributed by atoms with Gasteiger partial charge in [0.1, 0.15) is 0 Å². The standard InChI is InChI=1S/C12H26O4/c1-11(9-13)15-7-5-3-4-6-8-16-12(2)10-14/h11-14H,3-10H2,1-2H3. The summed E-state index contributed by atoms with van der Waals surface area (Å²) in [5.41, 5.74) is 0. The first kappa shape index (κ1) is 15.8. The van der Waals surface area contributed by atoms with E-state index in [1.165, 1.54) is 0 Å². The van der Waals surface area contributed by atoms with Gasteiger partial charge in [0.25, 0.3) is 0 Å². The van der Waals surface area contributed by atoms with Gasteiger partial charge in [-0.1, -0.05) is 12.8 Å². The molecule has 0 radical (unpaired) electrons. The van der Waals surface area contributed by atoms with Crippen LogP contribution in [0.1, 0.15) is 39.5 Å². The van der Waals surface area contributed by atoms with Crippen molar-refractivity contribution in [3.8, 4) is 0 Å². The van der Waals surface area contributed by atoms with E-state index in [4.69, 9.17) is 19.7 Å². The molecule has 0 aliphatic heterocycles. The molecule has 0 aliphatic carbocycles. The molecule has 16 heavy (non-hydrogen) atoms. The first-order valence-corrected chi connectivity index (χ1v) is 6.15. The lowest BCUT2D eigenvalue weighted by atomic mass is 10.2. The number of aliphatic hydroxyl groups excluding tert-OH is 2. The molecule has 0 heterocycles. The monoisotopic (exact) mass is 234 g/mol. The smallest absolute Gasteiger partial charge is 0.0777 e. The second-order valence-electron chi connectivity index (χ2n) is 4.14. The van der Waals surface area contributed by atoms with Gasteiger partial charge < -0.3 is 19.7 Å². The summed E-state index contributed by atoms with van der Waals surface area (Å²) in [6, 6.07) is 0. The Morgan fingerprint density at radius 3 is 1.44 bits per heavy atom. The fourth-order valence-corrected chi connectivity index (χ4v) is 1.23. The molecule has 0 bridgehead atoms. The number of ether oxygens (including phenoxy) is 2. The summed E-state index contributed by atoms with van der Waals surface area (Å²) in [5, 5.41) is 17.4. The van der Waals surface area contributed by atoms with E-state index >= 15 is 0 Å². The minimum absolute atomic E-state index is 0.0475. The van der Waals surface area contributed by atoms with Crippen LogP contribution in [0.5, 0.6) is 0 Å². The molecule has 0 aromatic heterocycles. The molecule has 0 aliphatic rings. The van der Waals surface area contributed by atoms with E-state index in [2.05, 4.69) is 0 Å². The van der Waals surface area contributed by atoms with Gasteiger partial charge in [0, 0.05) is 13.2 Å². The van der Waals surface area contributed by atoms with Crippen molar-refractivity contribution in [3.05, 3.63) is 0 Å². The van der Waals surface area contributed by atoms with Crippen molar-refractivity contribution in [2.45, 2.75) is 51.7 Å². The first-order valence-electron chi connectivity index (χ1n) is 6.15. The molecule has 0 spiro atoms. The lowest BCUT2D eigenvalue weighted by molar-refractivity contribution is 0.0185. The van der Waals surface area contributed by atoms with Crippen molar-refractivity contribution < 1.29 is 19.7 Å². The molecule has 0 aromatic carbocycles. The Morgan fingerprint density at radius 1 is 0.750 bits per heavy atom. The zero-order valence-electron chi connectivity index (χ0n) is 10.5. The summed E-state index contributed by atoms with van der Waals surface area (Å²) < 4.78 is 10.7. The zero-order valence-corrected chi connectivity index (χ0v) is 10.5.